The number of aromatic nitrogens is 1. The van der Waals surface area contributed by atoms with Crippen LogP contribution in [0.25, 0.3) is 0 Å². The summed E-state index contributed by atoms with van der Waals surface area (Å²) in [6.07, 6.45) is 4.44. The third-order valence-corrected chi connectivity index (χ3v) is 3.86. The number of nitrogens with one attached hydrogen (secondary N) is 1. The van der Waals surface area contributed by atoms with Crippen molar-refractivity contribution in [3.05, 3.63) is 30.1 Å². The minimum atomic E-state index is 0.332. The van der Waals surface area contributed by atoms with Gasteiger partial charge in [0.05, 0.1) is 12.3 Å². The first-order chi connectivity index (χ1) is 9.31. The van der Waals surface area contributed by atoms with Crippen molar-refractivity contribution in [2.75, 3.05) is 33.4 Å². The molecule has 0 aromatic carbocycles. The number of nitrogens with zero attached hydrogens (tertiary/aromatic N) is 2. The van der Waals surface area contributed by atoms with E-state index in [1.807, 2.05) is 12.3 Å². The predicted octanol–water partition coefficient (Wildman–Crippen LogP) is 1.84. The molecule has 106 valence electrons. The van der Waals surface area contributed by atoms with E-state index in [-0.39, 0.29) is 0 Å². The van der Waals surface area contributed by atoms with Crippen LogP contribution in [-0.2, 0) is 4.74 Å². The molecular formula is C15H25N3O. The molecule has 2 atom stereocenters. The molecule has 1 aromatic rings. The summed E-state index contributed by atoms with van der Waals surface area (Å²) in [6, 6.07) is 7.07. The quantitative estimate of drug-likeness (QED) is 0.814. The summed E-state index contributed by atoms with van der Waals surface area (Å²) in [6.45, 7) is 6.17. The molecule has 1 saturated heterocycles. The minimum absolute atomic E-state index is 0.332. The molecule has 1 aliphatic heterocycles. The van der Waals surface area contributed by atoms with Crippen molar-refractivity contribution in [3.8, 4) is 0 Å². The van der Waals surface area contributed by atoms with Crippen LogP contribution in [0.3, 0.4) is 0 Å². The maximum absolute atomic E-state index is 5.24. The zero-order chi connectivity index (χ0) is 13.5. The zero-order valence-corrected chi connectivity index (χ0v) is 12.0. The van der Waals surface area contributed by atoms with Gasteiger partial charge in [-0.25, -0.2) is 0 Å². The van der Waals surface area contributed by atoms with Gasteiger partial charge in [0, 0.05) is 38.5 Å². The van der Waals surface area contributed by atoms with Crippen molar-refractivity contribution in [2.24, 2.45) is 0 Å². The molecule has 4 nitrogen and oxygen atoms in total. The van der Waals surface area contributed by atoms with Crippen molar-refractivity contribution < 1.29 is 4.74 Å². The molecule has 1 aliphatic rings. The summed E-state index contributed by atoms with van der Waals surface area (Å²) in [5, 5.41) is 3.57. The van der Waals surface area contributed by atoms with Gasteiger partial charge in [-0.05, 0) is 38.4 Å². The minimum Gasteiger partial charge on any atom is -0.383 e. The van der Waals surface area contributed by atoms with Gasteiger partial charge in [0.15, 0.2) is 0 Å². The highest BCUT2D eigenvalue weighted by Gasteiger charge is 2.22. The van der Waals surface area contributed by atoms with E-state index in [4.69, 9.17) is 4.74 Å². The average molecular weight is 263 g/mol. The first-order valence-corrected chi connectivity index (χ1v) is 7.18. The summed E-state index contributed by atoms with van der Waals surface area (Å²) >= 11 is 0. The smallest absolute Gasteiger partial charge is 0.0589 e. The summed E-state index contributed by atoms with van der Waals surface area (Å²) in [5.74, 6) is 0. The van der Waals surface area contributed by atoms with E-state index in [0.717, 1.165) is 31.9 Å². The van der Waals surface area contributed by atoms with E-state index in [1.165, 1.54) is 12.8 Å². The second-order valence-electron chi connectivity index (χ2n) is 5.21. The van der Waals surface area contributed by atoms with Gasteiger partial charge in [-0.3, -0.25) is 9.88 Å². The van der Waals surface area contributed by atoms with E-state index < -0.39 is 0 Å². The lowest BCUT2D eigenvalue weighted by molar-refractivity contribution is 0.116. The Kier molecular flexibility index (Phi) is 5.76. The maximum Gasteiger partial charge on any atom is 0.0589 e. The zero-order valence-electron chi connectivity index (χ0n) is 12.0. The first-order valence-electron chi connectivity index (χ1n) is 7.18. The summed E-state index contributed by atoms with van der Waals surface area (Å²) in [7, 11) is 1.76. The Morgan fingerprint density at radius 1 is 1.53 bits per heavy atom. The average Bonchev–Trinajstić information content (AvgIpc) is 2.96. The van der Waals surface area contributed by atoms with Crippen LogP contribution in [0.1, 0.15) is 31.5 Å². The molecule has 2 rings (SSSR count). The van der Waals surface area contributed by atoms with Gasteiger partial charge in [-0.2, -0.15) is 0 Å². The van der Waals surface area contributed by atoms with Gasteiger partial charge in [-0.1, -0.05) is 6.07 Å². The molecule has 19 heavy (non-hydrogen) atoms. The molecule has 0 aliphatic carbocycles. The monoisotopic (exact) mass is 263 g/mol. The second kappa shape index (κ2) is 7.58. The van der Waals surface area contributed by atoms with Crippen molar-refractivity contribution in [2.45, 2.75) is 31.8 Å². The molecule has 4 heteroatoms. The van der Waals surface area contributed by atoms with E-state index in [0.29, 0.717) is 12.1 Å². The lowest BCUT2D eigenvalue weighted by atomic mass is 10.1. The second-order valence-corrected chi connectivity index (χ2v) is 5.21. The van der Waals surface area contributed by atoms with Crippen molar-refractivity contribution >= 4 is 0 Å². The summed E-state index contributed by atoms with van der Waals surface area (Å²) in [4.78, 5) is 6.95. The standard InChI is InChI=1S/C15H25N3O/c1-13(15-7-3-4-8-17-15)18(10-11-19-2)12-14-6-5-9-16-14/h3-4,7-8,13-14,16H,5-6,9-12H2,1-2H3. The summed E-state index contributed by atoms with van der Waals surface area (Å²) < 4.78 is 5.24. The highest BCUT2D eigenvalue weighted by atomic mass is 16.5. The van der Waals surface area contributed by atoms with Crippen LogP contribution in [-0.4, -0.2) is 49.3 Å². The largest absolute Gasteiger partial charge is 0.383 e. The number of ether oxygens (including phenoxy) is 1. The van der Waals surface area contributed by atoms with Crippen molar-refractivity contribution in [1.29, 1.82) is 0 Å². The molecular weight excluding hydrogens is 238 g/mol. The predicted molar refractivity (Wildman–Crippen MR) is 77.1 cm³/mol. The molecule has 1 N–H and O–H groups in total. The highest BCUT2D eigenvalue weighted by molar-refractivity contribution is 5.08. The number of hydrogen-bond donors (Lipinski definition) is 1. The Morgan fingerprint density at radius 2 is 2.42 bits per heavy atom. The van der Waals surface area contributed by atoms with Gasteiger partial charge in [0.25, 0.3) is 0 Å². The SMILES string of the molecule is COCCN(CC1CCCN1)C(C)c1ccccn1. The maximum atomic E-state index is 5.24. The van der Waals surface area contributed by atoms with Crippen molar-refractivity contribution in [3.63, 3.8) is 0 Å². The van der Waals surface area contributed by atoms with E-state index >= 15 is 0 Å². The topological polar surface area (TPSA) is 37.4 Å². The van der Waals surface area contributed by atoms with E-state index in [2.05, 4.69) is 34.3 Å². The first kappa shape index (κ1) is 14.4. The molecule has 2 heterocycles. The number of hydrogen-bond acceptors (Lipinski definition) is 4. The molecule has 0 amide bonds. The van der Waals surface area contributed by atoms with Crippen LogP contribution >= 0.6 is 0 Å². The van der Waals surface area contributed by atoms with Crippen LogP contribution in [0.2, 0.25) is 0 Å². The third-order valence-electron chi connectivity index (χ3n) is 3.86. The fourth-order valence-electron chi connectivity index (χ4n) is 2.66. The fraction of sp³-hybridized carbons (Fsp3) is 0.667. The molecule has 0 radical (unpaired) electrons. The van der Waals surface area contributed by atoms with Gasteiger partial charge in [0.1, 0.15) is 0 Å². The Labute approximate surface area is 116 Å². The van der Waals surface area contributed by atoms with Crippen LogP contribution in [0, 0.1) is 0 Å². The van der Waals surface area contributed by atoms with Gasteiger partial charge in [0.2, 0.25) is 0 Å². The molecule has 0 spiro atoms. The van der Waals surface area contributed by atoms with Crippen LogP contribution in [0.4, 0.5) is 0 Å². The Balaban J connectivity index is 1.98. The van der Waals surface area contributed by atoms with Crippen LogP contribution < -0.4 is 5.32 Å². The molecule has 1 fully saturated rings. The Bertz CT molecular complexity index is 352. The normalized spacial score (nSPS) is 20.9. The number of methoxy groups -OCH3 is 1. The van der Waals surface area contributed by atoms with E-state index in [1.54, 1.807) is 7.11 Å². The van der Waals surface area contributed by atoms with Crippen molar-refractivity contribution in [1.82, 2.24) is 15.2 Å². The number of pyridine rings is 1. The highest BCUT2D eigenvalue weighted by Crippen LogP contribution is 2.19. The Morgan fingerprint density at radius 3 is 3.05 bits per heavy atom. The Hall–Kier alpha value is -0.970. The van der Waals surface area contributed by atoms with Crippen LogP contribution in [0.5, 0.6) is 0 Å². The molecule has 0 saturated carbocycles. The van der Waals surface area contributed by atoms with Gasteiger partial charge >= 0.3 is 0 Å². The number of rotatable bonds is 7. The molecule has 2 unspecified atom stereocenters. The summed E-state index contributed by atoms with van der Waals surface area (Å²) in [5.41, 5.74) is 1.14. The lowest BCUT2D eigenvalue weighted by Crippen LogP contribution is -2.40. The molecule has 0 bridgehead atoms. The van der Waals surface area contributed by atoms with Gasteiger partial charge < -0.3 is 10.1 Å². The van der Waals surface area contributed by atoms with Crippen LogP contribution in [0.15, 0.2) is 24.4 Å². The van der Waals surface area contributed by atoms with Gasteiger partial charge in [-0.15, -0.1) is 0 Å². The lowest BCUT2D eigenvalue weighted by Gasteiger charge is -2.30. The van der Waals surface area contributed by atoms with E-state index in [9.17, 15) is 0 Å². The molecule has 1 aromatic heterocycles. The third kappa shape index (κ3) is 4.27. The fourth-order valence-corrected chi connectivity index (χ4v) is 2.66.